The molecule has 4 heteroatoms. The van der Waals surface area contributed by atoms with Gasteiger partial charge in [-0.25, -0.2) is 0 Å². The fraction of sp³-hybridized carbons (Fsp3) is 0.300. The van der Waals surface area contributed by atoms with Crippen LogP contribution in [0.25, 0.3) is 0 Å². The van der Waals surface area contributed by atoms with Crippen molar-refractivity contribution >= 4 is 17.3 Å². The van der Waals surface area contributed by atoms with Crippen molar-refractivity contribution in [3.63, 3.8) is 0 Å². The first-order valence-corrected chi connectivity index (χ1v) is 12.2. The minimum atomic E-state index is -0.193. The highest BCUT2D eigenvalue weighted by molar-refractivity contribution is 6.11. The smallest absolute Gasteiger partial charge is 0.275 e. The number of anilines is 2. The van der Waals surface area contributed by atoms with Gasteiger partial charge in [0.15, 0.2) is 0 Å². The van der Waals surface area contributed by atoms with Crippen LogP contribution in [0, 0.1) is 13.8 Å². The maximum Gasteiger partial charge on any atom is 0.275 e. The first-order chi connectivity index (χ1) is 16.5. The molecule has 1 aliphatic heterocycles. The third-order valence-electron chi connectivity index (χ3n) is 6.18. The molecule has 1 atom stereocenters. The molecule has 34 heavy (non-hydrogen) atoms. The van der Waals surface area contributed by atoms with E-state index < -0.39 is 0 Å². The van der Waals surface area contributed by atoms with Crippen LogP contribution in [0.2, 0.25) is 0 Å². The normalized spacial score (nSPS) is 15.4. The van der Waals surface area contributed by atoms with Crippen molar-refractivity contribution < 1.29 is 9.53 Å². The molecule has 176 valence electrons. The highest BCUT2D eigenvalue weighted by atomic mass is 16.5. The molecule has 1 N–H and O–H groups in total. The predicted octanol–water partition coefficient (Wildman–Crippen LogP) is 7.35. The minimum Gasteiger partial charge on any atom is -0.494 e. The van der Waals surface area contributed by atoms with Gasteiger partial charge in [0.05, 0.1) is 12.6 Å². The van der Waals surface area contributed by atoms with Gasteiger partial charge in [-0.15, -0.1) is 0 Å². The third kappa shape index (κ3) is 5.69. The number of hydrogen-bond donors (Lipinski definition) is 1. The Morgan fingerprint density at radius 3 is 2.12 bits per heavy atom. The van der Waals surface area contributed by atoms with Crippen LogP contribution in [-0.4, -0.2) is 12.5 Å². The van der Waals surface area contributed by atoms with Crippen LogP contribution in [0.4, 0.5) is 11.4 Å². The molecule has 0 spiro atoms. The Balaban J connectivity index is 1.56. The number of nitrogens with one attached hydrogen (secondary N) is 1. The summed E-state index contributed by atoms with van der Waals surface area (Å²) >= 11 is 0. The molecule has 3 aromatic rings. The Labute approximate surface area is 203 Å². The van der Waals surface area contributed by atoms with Crippen LogP contribution in [0.15, 0.2) is 84.6 Å². The Hall–Kier alpha value is -3.53. The van der Waals surface area contributed by atoms with E-state index in [9.17, 15) is 4.79 Å². The quantitative estimate of drug-likeness (QED) is 0.326. The van der Waals surface area contributed by atoms with Gasteiger partial charge in [-0.05, 0) is 68.3 Å². The van der Waals surface area contributed by atoms with E-state index in [1.54, 1.807) is 0 Å². The average molecular weight is 455 g/mol. The average Bonchev–Trinajstić information content (AvgIpc) is 3.17. The molecular weight excluding hydrogens is 420 g/mol. The van der Waals surface area contributed by atoms with Crippen LogP contribution in [0.5, 0.6) is 5.75 Å². The predicted molar refractivity (Wildman–Crippen MR) is 140 cm³/mol. The number of carbonyl (C=O) groups is 1. The summed E-state index contributed by atoms with van der Waals surface area (Å²) in [5.41, 5.74) is 5.77. The number of rotatable bonds is 10. The summed E-state index contributed by atoms with van der Waals surface area (Å²) in [6.45, 7) is 7.05. The lowest BCUT2D eigenvalue weighted by atomic mass is 10.1. The lowest BCUT2D eigenvalue weighted by Crippen LogP contribution is -2.30. The van der Waals surface area contributed by atoms with Crippen LogP contribution in [0.1, 0.15) is 55.3 Å². The maximum absolute atomic E-state index is 13.5. The van der Waals surface area contributed by atoms with Crippen molar-refractivity contribution in [2.75, 3.05) is 16.8 Å². The monoisotopic (exact) mass is 454 g/mol. The van der Waals surface area contributed by atoms with Crippen molar-refractivity contribution in [2.45, 2.75) is 52.5 Å². The molecule has 0 saturated carbocycles. The first-order valence-electron chi connectivity index (χ1n) is 12.2. The highest BCUT2D eigenvalue weighted by Crippen LogP contribution is 2.36. The topological polar surface area (TPSA) is 41.6 Å². The van der Waals surface area contributed by atoms with E-state index in [1.807, 2.05) is 71.6 Å². The zero-order chi connectivity index (χ0) is 23.9. The van der Waals surface area contributed by atoms with Gasteiger partial charge in [-0.3, -0.25) is 9.69 Å². The lowest BCUT2D eigenvalue weighted by molar-refractivity contribution is -0.114. The lowest BCUT2D eigenvalue weighted by Gasteiger charge is -2.25. The van der Waals surface area contributed by atoms with Gasteiger partial charge in [0.25, 0.3) is 5.91 Å². The Kier molecular flexibility index (Phi) is 7.69. The number of nitrogens with zero attached hydrogens (tertiary/aromatic N) is 1. The van der Waals surface area contributed by atoms with Gasteiger partial charge in [0.1, 0.15) is 11.4 Å². The Morgan fingerprint density at radius 1 is 0.824 bits per heavy atom. The van der Waals surface area contributed by atoms with E-state index in [2.05, 4.69) is 38.2 Å². The molecule has 0 saturated heterocycles. The summed E-state index contributed by atoms with van der Waals surface area (Å²) in [6.07, 6.45) is 6.76. The second-order valence-electron chi connectivity index (χ2n) is 9.01. The van der Waals surface area contributed by atoms with Crippen molar-refractivity contribution in [1.82, 2.24) is 0 Å². The zero-order valence-electron chi connectivity index (χ0n) is 20.4. The Bertz CT molecular complexity index is 1120. The van der Waals surface area contributed by atoms with Crippen LogP contribution >= 0.6 is 0 Å². The number of amides is 1. The Morgan fingerprint density at radius 2 is 1.47 bits per heavy atom. The molecule has 0 radical (unpaired) electrons. The van der Waals surface area contributed by atoms with E-state index in [-0.39, 0.29) is 11.9 Å². The van der Waals surface area contributed by atoms with E-state index in [0.29, 0.717) is 5.70 Å². The molecular formula is C30H34N2O2. The van der Waals surface area contributed by atoms with Crippen molar-refractivity contribution in [2.24, 2.45) is 0 Å². The first kappa shape index (κ1) is 23.6. The second kappa shape index (κ2) is 11.1. The molecule has 1 amide bonds. The van der Waals surface area contributed by atoms with E-state index in [0.717, 1.165) is 35.7 Å². The largest absolute Gasteiger partial charge is 0.494 e. The molecule has 0 aromatic heterocycles. The van der Waals surface area contributed by atoms with Crippen LogP contribution < -0.4 is 15.0 Å². The maximum atomic E-state index is 13.5. The summed E-state index contributed by atoms with van der Waals surface area (Å²) in [4.78, 5) is 15.4. The van der Waals surface area contributed by atoms with Crippen LogP contribution in [0.3, 0.4) is 0 Å². The molecule has 0 unspecified atom stereocenters. The van der Waals surface area contributed by atoms with Gasteiger partial charge in [0, 0.05) is 11.4 Å². The van der Waals surface area contributed by atoms with Crippen molar-refractivity contribution in [1.29, 1.82) is 0 Å². The highest BCUT2D eigenvalue weighted by Gasteiger charge is 2.34. The van der Waals surface area contributed by atoms with Gasteiger partial charge >= 0.3 is 0 Å². The number of benzene rings is 3. The molecule has 0 aliphatic carbocycles. The number of carbonyl (C=O) groups excluding carboxylic acids is 1. The van der Waals surface area contributed by atoms with Gasteiger partial charge < -0.3 is 10.1 Å². The summed E-state index contributed by atoms with van der Waals surface area (Å²) in [7, 11) is 0. The second-order valence-corrected chi connectivity index (χ2v) is 9.01. The summed E-state index contributed by atoms with van der Waals surface area (Å²) < 4.78 is 5.92. The summed E-state index contributed by atoms with van der Waals surface area (Å²) in [6, 6.07) is 24.1. The van der Waals surface area contributed by atoms with Gasteiger partial charge in [-0.2, -0.15) is 0 Å². The molecule has 4 rings (SSSR count). The number of aryl methyl sites for hydroxylation is 2. The number of ether oxygens (including phenoxy) is 1. The molecule has 1 heterocycles. The van der Waals surface area contributed by atoms with E-state index in [4.69, 9.17) is 4.74 Å². The standard InChI is InChI=1S/C30H34N2O2/c1-4-5-6-7-20-34-27-18-12-24(13-19-27)29-21-28(31-25-14-8-22(2)9-15-25)30(33)32(29)26-16-10-23(3)11-17-26/h8-19,21,29,31H,4-7,20H2,1-3H3/t29-/m1/s1. The minimum absolute atomic E-state index is 0.0364. The fourth-order valence-corrected chi connectivity index (χ4v) is 4.16. The molecule has 0 fully saturated rings. The molecule has 4 nitrogen and oxygen atoms in total. The SMILES string of the molecule is CCCCCCOc1ccc([C@H]2C=C(Nc3ccc(C)cc3)C(=O)N2c2ccc(C)cc2)cc1. The van der Waals surface area contributed by atoms with Crippen molar-refractivity contribution in [3.8, 4) is 5.75 Å². The number of unbranched alkanes of at least 4 members (excludes halogenated alkanes) is 3. The third-order valence-corrected chi connectivity index (χ3v) is 6.18. The zero-order valence-corrected chi connectivity index (χ0v) is 20.4. The van der Waals surface area contributed by atoms with Crippen LogP contribution in [-0.2, 0) is 4.79 Å². The molecule has 0 bridgehead atoms. The van der Waals surface area contributed by atoms with Gasteiger partial charge in [0.2, 0.25) is 0 Å². The fourth-order valence-electron chi connectivity index (χ4n) is 4.16. The molecule has 1 aliphatic rings. The number of hydrogen-bond acceptors (Lipinski definition) is 3. The molecule has 3 aromatic carbocycles. The van der Waals surface area contributed by atoms with Gasteiger partial charge in [-0.1, -0.05) is 73.7 Å². The summed E-state index contributed by atoms with van der Waals surface area (Å²) in [5, 5.41) is 3.33. The van der Waals surface area contributed by atoms with E-state index in [1.165, 1.54) is 30.4 Å². The summed E-state index contributed by atoms with van der Waals surface area (Å²) in [5.74, 6) is 0.833. The van der Waals surface area contributed by atoms with E-state index >= 15 is 0 Å². The van der Waals surface area contributed by atoms with Crippen molar-refractivity contribution in [3.05, 3.63) is 101 Å².